The number of hydrogen-bond acceptors (Lipinski definition) is 4. The molecule has 156 valence electrons. The summed E-state index contributed by atoms with van der Waals surface area (Å²) in [5, 5.41) is 0.205. The SMILES string of the molecule is C=C1CN(c2ccc3c(c2)OC(F)(F)C(F)(F)O3)/C(=N/C(=O)N2CC[C@H](F)C2)S1. The molecule has 0 aromatic heterocycles. The van der Waals surface area contributed by atoms with Gasteiger partial charge in [0, 0.05) is 23.2 Å². The molecule has 1 atom stereocenters. The van der Waals surface area contributed by atoms with Crippen molar-refractivity contribution in [2.75, 3.05) is 24.5 Å². The Kier molecular flexibility index (Phi) is 4.63. The number of thioether (sulfide) groups is 1. The molecule has 1 aromatic carbocycles. The molecule has 12 heteroatoms. The van der Waals surface area contributed by atoms with E-state index in [2.05, 4.69) is 21.0 Å². The minimum absolute atomic E-state index is 0.0471. The van der Waals surface area contributed by atoms with Gasteiger partial charge in [-0.15, -0.1) is 0 Å². The molecular weight excluding hydrogens is 421 g/mol. The molecule has 0 saturated carbocycles. The van der Waals surface area contributed by atoms with Crippen LogP contribution in [0.2, 0.25) is 0 Å². The Morgan fingerprint density at radius 3 is 2.55 bits per heavy atom. The van der Waals surface area contributed by atoms with Gasteiger partial charge in [-0.3, -0.25) is 0 Å². The average molecular weight is 435 g/mol. The fourth-order valence-corrected chi connectivity index (χ4v) is 3.87. The molecule has 1 aromatic rings. The summed E-state index contributed by atoms with van der Waals surface area (Å²) in [6.45, 7) is 4.21. The molecule has 29 heavy (non-hydrogen) atoms. The number of benzene rings is 1. The van der Waals surface area contributed by atoms with Gasteiger partial charge in [0.1, 0.15) is 6.17 Å². The Bertz CT molecular complexity index is 910. The zero-order valence-corrected chi connectivity index (χ0v) is 15.5. The fourth-order valence-electron chi connectivity index (χ4n) is 3.01. The number of hydrogen-bond donors (Lipinski definition) is 0. The number of amides is 2. The number of anilines is 1. The Morgan fingerprint density at radius 2 is 1.90 bits per heavy atom. The van der Waals surface area contributed by atoms with Gasteiger partial charge in [-0.25, -0.2) is 9.18 Å². The zero-order valence-electron chi connectivity index (χ0n) is 14.7. The number of likely N-dealkylation sites (tertiary alicyclic amines) is 1. The first-order valence-corrected chi connectivity index (χ1v) is 9.30. The van der Waals surface area contributed by atoms with Crippen LogP contribution in [-0.4, -0.2) is 54.1 Å². The summed E-state index contributed by atoms with van der Waals surface area (Å²) in [7, 11) is 0. The maximum Gasteiger partial charge on any atom is 0.507 e. The second kappa shape index (κ2) is 6.78. The zero-order chi connectivity index (χ0) is 21.0. The molecule has 4 rings (SSSR count). The van der Waals surface area contributed by atoms with Crippen LogP contribution in [0.15, 0.2) is 34.7 Å². The van der Waals surface area contributed by atoms with Gasteiger partial charge in [0.15, 0.2) is 16.7 Å². The number of ether oxygens (including phenoxy) is 2. The lowest BCUT2D eigenvalue weighted by Crippen LogP contribution is -2.52. The van der Waals surface area contributed by atoms with Crippen molar-refractivity contribution in [3.63, 3.8) is 0 Å². The molecule has 0 radical (unpaired) electrons. The first-order valence-electron chi connectivity index (χ1n) is 8.48. The number of fused-ring (bicyclic) bond motifs is 1. The van der Waals surface area contributed by atoms with Crippen molar-refractivity contribution in [2.24, 2.45) is 4.99 Å². The third kappa shape index (κ3) is 3.61. The summed E-state index contributed by atoms with van der Waals surface area (Å²) >= 11 is 1.09. The largest absolute Gasteiger partial charge is 0.507 e. The first-order chi connectivity index (χ1) is 13.6. The number of halogens is 5. The molecule has 3 aliphatic rings. The van der Waals surface area contributed by atoms with Gasteiger partial charge in [0.2, 0.25) is 0 Å². The minimum Gasteiger partial charge on any atom is -0.421 e. The molecule has 0 bridgehead atoms. The van der Waals surface area contributed by atoms with E-state index in [-0.39, 0.29) is 36.9 Å². The molecular formula is C17H14F5N3O3S. The summed E-state index contributed by atoms with van der Waals surface area (Å²) in [4.78, 5) is 19.7. The standard InChI is InChI=1S/C17H14F5N3O3S/c1-9-7-25(15(29-9)23-14(26)24-5-4-10(18)8-24)11-2-3-12-13(6-11)28-17(21,22)16(19,20)27-12/h2-3,6,10H,1,4-5,7-8H2/b23-15-/t10-/m0/s1. The van der Waals surface area contributed by atoms with E-state index in [4.69, 9.17) is 0 Å². The van der Waals surface area contributed by atoms with E-state index in [9.17, 15) is 26.7 Å². The lowest BCUT2D eigenvalue weighted by molar-refractivity contribution is -0.391. The first kappa shape index (κ1) is 19.8. The smallest absolute Gasteiger partial charge is 0.421 e. The maximum atomic E-state index is 13.5. The molecule has 0 unspecified atom stereocenters. The molecule has 2 amide bonds. The van der Waals surface area contributed by atoms with E-state index in [1.807, 2.05) is 0 Å². The maximum absolute atomic E-state index is 13.5. The number of rotatable bonds is 1. The van der Waals surface area contributed by atoms with E-state index in [1.165, 1.54) is 15.9 Å². The molecule has 2 saturated heterocycles. The third-order valence-corrected chi connectivity index (χ3v) is 5.36. The van der Waals surface area contributed by atoms with Crippen LogP contribution in [0.1, 0.15) is 6.42 Å². The lowest BCUT2D eigenvalue weighted by atomic mass is 10.2. The van der Waals surface area contributed by atoms with Crippen LogP contribution in [0, 0.1) is 0 Å². The van der Waals surface area contributed by atoms with Crippen LogP contribution in [0.5, 0.6) is 11.5 Å². The predicted molar refractivity (Wildman–Crippen MR) is 95.6 cm³/mol. The number of aliphatic imine (C=N–C) groups is 1. The van der Waals surface area contributed by atoms with Crippen molar-refractivity contribution in [3.8, 4) is 11.5 Å². The van der Waals surface area contributed by atoms with Crippen molar-refractivity contribution >= 4 is 28.6 Å². The fraction of sp³-hybridized carbons (Fsp3) is 0.412. The average Bonchev–Trinajstić information content (AvgIpc) is 3.21. The molecule has 0 aliphatic carbocycles. The van der Waals surface area contributed by atoms with Gasteiger partial charge in [-0.1, -0.05) is 18.3 Å². The highest BCUT2D eigenvalue weighted by atomic mass is 32.2. The number of amidine groups is 1. The molecule has 3 heterocycles. The van der Waals surface area contributed by atoms with E-state index < -0.39 is 35.9 Å². The van der Waals surface area contributed by atoms with Crippen molar-refractivity contribution in [1.29, 1.82) is 0 Å². The Labute approximate surface area is 165 Å². The van der Waals surface area contributed by atoms with Crippen molar-refractivity contribution in [1.82, 2.24) is 4.90 Å². The van der Waals surface area contributed by atoms with Crippen LogP contribution < -0.4 is 14.4 Å². The van der Waals surface area contributed by atoms with Crippen LogP contribution in [0.4, 0.5) is 32.4 Å². The van der Waals surface area contributed by atoms with Gasteiger partial charge in [0.25, 0.3) is 0 Å². The summed E-state index contributed by atoms with van der Waals surface area (Å²) in [5.41, 5.74) is 0.260. The molecule has 2 fully saturated rings. The highest BCUT2D eigenvalue weighted by molar-refractivity contribution is 8.18. The van der Waals surface area contributed by atoms with Crippen molar-refractivity contribution in [2.45, 2.75) is 24.8 Å². The van der Waals surface area contributed by atoms with Gasteiger partial charge in [-0.2, -0.15) is 22.6 Å². The van der Waals surface area contributed by atoms with Crippen LogP contribution in [-0.2, 0) is 0 Å². The minimum atomic E-state index is -4.84. The Hall–Kier alpha value is -2.50. The Morgan fingerprint density at radius 1 is 1.21 bits per heavy atom. The molecule has 0 spiro atoms. The van der Waals surface area contributed by atoms with Crippen LogP contribution in [0.3, 0.4) is 0 Å². The third-order valence-electron chi connectivity index (χ3n) is 4.45. The van der Waals surface area contributed by atoms with Crippen molar-refractivity contribution in [3.05, 3.63) is 29.7 Å². The van der Waals surface area contributed by atoms with Crippen LogP contribution >= 0.6 is 11.8 Å². The van der Waals surface area contributed by atoms with E-state index >= 15 is 0 Å². The topological polar surface area (TPSA) is 54.4 Å². The lowest BCUT2D eigenvalue weighted by Gasteiger charge is -2.32. The monoisotopic (exact) mass is 435 g/mol. The highest BCUT2D eigenvalue weighted by Gasteiger charge is 2.66. The molecule has 6 nitrogen and oxygen atoms in total. The predicted octanol–water partition coefficient (Wildman–Crippen LogP) is 4.23. The van der Waals surface area contributed by atoms with Gasteiger partial charge >= 0.3 is 18.2 Å². The van der Waals surface area contributed by atoms with Crippen molar-refractivity contribution < 1.29 is 36.2 Å². The number of alkyl halides is 5. The summed E-state index contributed by atoms with van der Waals surface area (Å²) in [5.74, 6) is -1.12. The van der Waals surface area contributed by atoms with E-state index in [0.717, 1.165) is 23.9 Å². The number of carbonyl (C=O) groups is 1. The van der Waals surface area contributed by atoms with Gasteiger partial charge < -0.3 is 19.3 Å². The summed E-state index contributed by atoms with van der Waals surface area (Å²) in [6, 6.07) is 2.86. The van der Waals surface area contributed by atoms with Gasteiger partial charge in [-0.05, 0) is 18.6 Å². The second-order valence-corrected chi connectivity index (χ2v) is 7.75. The Balaban J connectivity index is 1.61. The highest BCUT2D eigenvalue weighted by Crippen LogP contribution is 2.48. The van der Waals surface area contributed by atoms with E-state index in [0.29, 0.717) is 4.91 Å². The number of urea groups is 1. The molecule has 3 aliphatic heterocycles. The normalized spacial score (nSPS) is 26.3. The number of carbonyl (C=O) groups excluding carboxylic acids is 1. The quantitative estimate of drug-likeness (QED) is 0.618. The summed E-state index contributed by atoms with van der Waals surface area (Å²) < 4.78 is 75.0. The van der Waals surface area contributed by atoms with E-state index in [1.54, 1.807) is 0 Å². The summed E-state index contributed by atoms with van der Waals surface area (Å²) in [6.07, 6.45) is -10.5. The molecule has 0 N–H and O–H groups in total. The number of nitrogens with zero attached hydrogens (tertiary/aromatic N) is 3. The second-order valence-electron chi connectivity index (χ2n) is 6.60. The van der Waals surface area contributed by atoms with Gasteiger partial charge in [0.05, 0.1) is 13.1 Å². The van der Waals surface area contributed by atoms with Crippen LogP contribution in [0.25, 0.3) is 0 Å².